The summed E-state index contributed by atoms with van der Waals surface area (Å²) in [5, 5.41) is 0. The van der Waals surface area contributed by atoms with Crippen LogP contribution in [0.1, 0.15) is 25.5 Å². The van der Waals surface area contributed by atoms with Crippen molar-refractivity contribution in [1.82, 2.24) is 9.97 Å². The van der Waals surface area contributed by atoms with Crippen LogP contribution in [0.2, 0.25) is 0 Å². The van der Waals surface area contributed by atoms with Gasteiger partial charge in [-0.25, -0.2) is 0 Å². The van der Waals surface area contributed by atoms with Crippen LogP contribution in [-0.2, 0) is 5.60 Å². The van der Waals surface area contributed by atoms with E-state index in [9.17, 15) is 0 Å². The molecular formula is C13H16N2O. The summed E-state index contributed by atoms with van der Waals surface area (Å²) in [6, 6.07) is 8.04. The second-order valence-corrected chi connectivity index (χ2v) is 4.60. The Balaban J connectivity index is 1.91. The largest absolute Gasteiger partial charge is 0.466 e. The third kappa shape index (κ3) is 1.52. The maximum absolute atomic E-state index is 6.12. The van der Waals surface area contributed by atoms with Gasteiger partial charge in [-0.15, -0.1) is 0 Å². The zero-order valence-electron chi connectivity index (χ0n) is 9.36. The molecule has 0 radical (unpaired) electrons. The minimum atomic E-state index is -0.228. The molecule has 0 aliphatic heterocycles. The molecule has 1 unspecified atom stereocenters. The number of rotatable bonds is 4. The molecule has 2 aromatic rings. The van der Waals surface area contributed by atoms with Crippen LogP contribution in [0.25, 0.3) is 0 Å². The predicted molar refractivity (Wildman–Crippen MR) is 62.3 cm³/mol. The second-order valence-electron chi connectivity index (χ2n) is 4.60. The average molecular weight is 216 g/mol. The van der Waals surface area contributed by atoms with Crippen molar-refractivity contribution in [2.45, 2.75) is 25.4 Å². The Morgan fingerprint density at radius 1 is 1.19 bits per heavy atom. The first kappa shape index (κ1) is 9.58. The highest BCUT2D eigenvalue weighted by atomic mass is 16.5. The summed E-state index contributed by atoms with van der Waals surface area (Å²) in [5.74, 6) is 1.46. The van der Waals surface area contributed by atoms with E-state index < -0.39 is 0 Å². The molecule has 1 aliphatic rings. The van der Waals surface area contributed by atoms with Gasteiger partial charge in [-0.05, 0) is 44.0 Å². The zero-order valence-corrected chi connectivity index (χ0v) is 9.36. The zero-order chi connectivity index (χ0) is 11.0. The van der Waals surface area contributed by atoms with Crippen LogP contribution in [0.5, 0.6) is 5.88 Å². The first-order chi connectivity index (χ1) is 7.79. The molecule has 3 rings (SSSR count). The van der Waals surface area contributed by atoms with Gasteiger partial charge in [-0.1, -0.05) is 0 Å². The van der Waals surface area contributed by atoms with E-state index in [4.69, 9.17) is 4.74 Å². The molecule has 0 saturated heterocycles. The summed E-state index contributed by atoms with van der Waals surface area (Å²) >= 11 is 0. The number of hydrogen-bond donors (Lipinski definition) is 2. The smallest absolute Gasteiger partial charge is 0.191 e. The minimum absolute atomic E-state index is 0.228. The predicted octanol–water partition coefficient (Wildman–Crippen LogP) is 3.05. The molecule has 1 fully saturated rings. The van der Waals surface area contributed by atoms with Gasteiger partial charge in [0, 0.05) is 18.3 Å². The van der Waals surface area contributed by atoms with E-state index in [0.29, 0.717) is 5.92 Å². The quantitative estimate of drug-likeness (QED) is 0.810. The van der Waals surface area contributed by atoms with Gasteiger partial charge in [0.05, 0.1) is 5.69 Å². The Labute approximate surface area is 94.8 Å². The van der Waals surface area contributed by atoms with Crippen LogP contribution < -0.4 is 4.74 Å². The molecule has 3 heteroatoms. The third-order valence-electron chi connectivity index (χ3n) is 3.38. The van der Waals surface area contributed by atoms with Gasteiger partial charge in [0.1, 0.15) is 0 Å². The van der Waals surface area contributed by atoms with Crippen LogP contribution >= 0.6 is 0 Å². The Bertz CT molecular complexity index is 442. The lowest BCUT2D eigenvalue weighted by molar-refractivity contribution is 0.0536. The standard InChI is InChI=1S/C13H16N2O/c1-13(10-6-7-10,11-4-2-8-14-11)16-12-5-3-9-15-12/h2-5,8-10,14-15H,6-7H2,1H3. The maximum atomic E-state index is 6.12. The van der Waals surface area contributed by atoms with E-state index in [1.165, 1.54) is 12.8 Å². The van der Waals surface area contributed by atoms with Crippen LogP contribution in [0.15, 0.2) is 36.7 Å². The van der Waals surface area contributed by atoms with Crippen LogP contribution in [-0.4, -0.2) is 9.97 Å². The molecule has 2 heterocycles. The maximum Gasteiger partial charge on any atom is 0.191 e. The number of hydrogen-bond acceptors (Lipinski definition) is 1. The monoisotopic (exact) mass is 216 g/mol. The van der Waals surface area contributed by atoms with Gasteiger partial charge < -0.3 is 14.7 Å². The fourth-order valence-electron chi connectivity index (χ4n) is 2.24. The topological polar surface area (TPSA) is 40.8 Å². The van der Waals surface area contributed by atoms with E-state index in [1.807, 2.05) is 30.6 Å². The van der Waals surface area contributed by atoms with E-state index in [1.54, 1.807) is 0 Å². The minimum Gasteiger partial charge on any atom is -0.466 e. The first-order valence-electron chi connectivity index (χ1n) is 5.75. The molecule has 16 heavy (non-hydrogen) atoms. The lowest BCUT2D eigenvalue weighted by Crippen LogP contribution is -2.32. The highest BCUT2D eigenvalue weighted by Gasteiger charge is 2.46. The molecule has 1 atom stereocenters. The number of aromatic nitrogens is 2. The van der Waals surface area contributed by atoms with Gasteiger partial charge in [0.15, 0.2) is 11.5 Å². The molecule has 2 aromatic heterocycles. The first-order valence-corrected chi connectivity index (χ1v) is 5.75. The van der Waals surface area contributed by atoms with E-state index in [2.05, 4.69) is 23.0 Å². The Hall–Kier alpha value is -1.64. The Morgan fingerprint density at radius 3 is 2.50 bits per heavy atom. The van der Waals surface area contributed by atoms with Crippen molar-refractivity contribution in [2.75, 3.05) is 0 Å². The van der Waals surface area contributed by atoms with Gasteiger partial charge in [-0.3, -0.25) is 0 Å². The summed E-state index contributed by atoms with van der Waals surface area (Å²) in [6.07, 6.45) is 6.33. The summed E-state index contributed by atoms with van der Waals surface area (Å²) in [4.78, 5) is 6.37. The van der Waals surface area contributed by atoms with Crippen LogP contribution in [0, 0.1) is 5.92 Å². The molecular weight excluding hydrogens is 200 g/mol. The molecule has 1 aliphatic carbocycles. The molecule has 84 valence electrons. The van der Waals surface area contributed by atoms with Crippen molar-refractivity contribution >= 4 is 0 Å². The van der Waals surface area contributed by atoms with E-state index >= 15 is 0 Å². The highest BCUT2D eigenvalue weighted by Crippen LogP contribution is 2.47. The molecule has 0 spiro atoms. The van der Waals surface area contributed by atoms with Crippen molar-refractivity contribution in [1.29, 1.82) is 0 Å². The molecule has 2 N–H and O–H groups in total. The van der Waals surface area contributed by atoms with E-state index in [-0.39, 0.29) is 5.60 Å². The van der Waals surface area contributed by atoms with Crippen molar-refractivity contribution in [2.24, 2.45) is 5.92 Å². The summed E-state index contributed by atoms with van der Waals surface area (Å²) < 4.78 is 6.12. The van der Waals surface area contributed by atoms with Gasteiger partial charge >= 0.3 is 0 Å². The van der Waals surface area contributed by atoms with Gasteiger partial charge in [-0.2, -0.15) is 0 Å². The summed E-state index contributed by atoms with van der Waals surface area (Å²) in [5.41, 5.74) is 0.929. The lowest BCUT2D eigenvalue weighted by Gasteiger charge is -2.29. The van der Waals surface area contributed by atoms with Crippen LogP contribution in [0.4, 0.5) is 0 Å². The fourth-order valence-corrected chi connectivity index (χ4v) is 2.24. The van der Waals surface area contributed by atoms with Crippen molar-refractivity contribution < 1.29 is 4.74 Å². The van der Waals surface area contributed by atoms with Crippen molar-refractivity contribution in [3.8, 4) is 5.88 Å². The number of H-pyrrole nitrogens is 2. The fraction of sp³-hybridized carbons (Fsp3) is 0.385. The summed E-state index contributed by atoms with van der Waals surface area (Å²) in [6.45, 7) is 2.16. The van der Waals surface area contributed by atoms with Crippen LogP contribution in [0.3, 0.4) is 0 Å². The molecule has 3 nitrogen and oxygen atoms in total. The second kappa shape index (κ2) is 3.44. The van der Waals surface area contributed by atoms with Crippen molar-refractivity contribution in [3.63, 3.8) is 0 Å². The Morgan fingerprint density at radius 2 is 1.94 bits per heavy atom. The van der Waals surface area contributed by atoms with Crippen molar-refractivity contribution in [3.05, 3.63) is 42.4 Å². The normalized spacial score (nSPS) is 19.3. The SMILES string of the molecule is CC(Oc1ccc[nH]1)(c1ccc[nH]1)C1CC1. The number of aromatic amines is 2. The highest BCUT2D eigenvalue weighted by molar-refractivity contribution is 5.21. The lowest BCUT2D eigenvalue weighted by atomic mass is 9.96. The third-order valence-corrected chi connectivity index (χ3v) is 3.38. The van der Waals surface area contributed by atoms with E-state index in [0.717, 1.165) is 11.6 Å². The molecule has 0 aromatic carbocycles. The van der Waals surface area contributed by atoms with Gasteiger partial charge in [0.2, 0.25) is 0 Å². The number of ether oxygens (including phenoxy) is 1. The summed E-state index contributed by atoms with van der Waals surface area (Å²) in [7, 11) is 0. The Kier molecular flexibility index (Phi) is 2.06. The average Bonchev–Trinajstić information content (AvgIpc) is 2.81. The van der Waals surface area contributed by atoms with Gasteiger partial charge in [0.25, 0.3) is 0 Å². The molecule has 0 bridgehead atoms. The molecule has 1 saturated carbocycles. The number of nitrogens with one attached hydrogen (secondary N) is 2. The molecule has 0 amide bonds.